The van der Waals surface area contributed by atoms with Crippen LogP contribution in [0.4, 0.5) is 0 Å². The number of rotatable bonds is 0. The summed E-state index contributed by atoms with van der Waals surface area (Å²) in [6.45, 7) is -63.3. The smallest absolute Gasteiger partial charge is 0.172 e. The maximum absolute atomic E-state index is 14.6. The van der Waals surface area contributed by atoms with E-state index in [0.29, 0.717) is 0 Å². The fourth-order valence-corrected chi connectivity index (χ4v) is 2.69. The highest BCUT2D eigenvalue weighted by Gasteiger charge is 2.61. The van der Waals surface area contributed by atoms with Crippen LogP contribution in [-0.4, -0.2) is 70.1 Å². The third-order valence-corrected chi connectivity index (χ3v) is 3.99. The van der Waals surface area contributed by atoms with E-state index in [1.165, 1.54) is 0 Å². The molecule has 0 amide bonds. The normalized spacial score (nSPS) is 70.8. The Morgan fingerprint density at radius 1 is 0.581 bits per heavy atom. The summed E-state index contributed by atoms with van der Waals surface area (Å²) < 4.78 is 360. The Kier molecular flexibility index (Phi) is 1.10. The van der Waals surface area contributed by atoms with Crippen molar-refractivity contribution in [3.8, 4) is 0 Å². The Morgan fingerprint density at radius 3 is 1.06 bits per heavy atom. The van der Waals surface area contributed by atoms with Crippen molar-refractivity contribution >= 4 is 0 Å². The Bertz CT molecular complexity index is 1760. The largest absolute Gasteiger partial charge is 0.349 e. The third kappa shape index (κ3) is 3.97. The second-order valence-corrected chi connectivity index (χ2v) is 6.73. The highest BCUT2D eigenvalue weighted by atomic mass is 16.7. The molecule has 0 bridgehead atoms. The van der Waals surface area contributed by atoms with Gasteiger partial charge in [-0.1, -0.05) is 0 Å². The molecule has 0 aromatic heterocycles. The fraction of sp³-hybridized carbons (Fsp3) is 1.00. The molecule has 4 saturated heterocycles. The van der Waals surface area contributed by atoms with Crippen molar-refractivity contribution in [1.82, 2.24) is 10.1 Å². The lowest BCUT2D eigenvalue weighted by Gasteiger charge is -2.60. The molecular formula is C23H40N2O6. The van der Waals surface area contributed by atoms with Gasteiger partial charge in [0, 0.05) is 91.5 Å². The average Bonchev–Trinajstić information content (AvgIpc) is 2.95. The van der Waals surface area contributed by atoms with Crippen molar-refractivity contribution in [3.05, 3.63) is 0 Å². The Morgan fingerprint density at radius 2 is 0.839 bits per heavy atom. The van der Waals surface area contributed by atoms with Crippen LogP contribution >= 0.6 is 0 Å². The van der Waals surface area contributed by atoms with Crippen molar-refractivity contribution in [2.75, 3.05) is 26.2 Å². The first-order chi connectivity index (χ1) is 30.1. The molecule has 0 aliphatic carbocycles. The van der Waals surface area contributed by atoms with Crippen molar-refractivity contribution < 1.29 is 84.2 Å². The highest BCUT2D eigenvalue weighted by molar-refractivity contribution is 5.05. The third-order valence-electron chi connectivity index (χ3n) is 3.99. The summed E-state index contributed by atoms with van der Waals surface area (Å²) in [5.41, 5.74) is -27.7. The zero-order chi connectivity index (χ0) is 57.5. The number of hydrogen-bond acceptors (Lipinski definition) is 6. The molecule has 4 fully saturated rings. The van der Waals surface area contributed by atoms with Crippen LogP contribution in [0.2, 0.25) is 0 Å². The van der Waals surface area contributed by atoms with Crippen LogP contribution in [0.25, 0.3) is 0 Å². The summed E-state index contributed by atoms with van der Waals surface area (Å²) in [5, 5.41) is 25.2. The molecule has 8 nitrogen and oxygen atoms in total. The maximum Gasteiger partial charge on any atom is 0.172 e. The lowest BCUT2D eigenvalue weighted by Crippen LogP contribution is -2.70. The number of piperidine rings is 2. The zero-order valence-corrected chi connectivity index (χ0v) is 14.8. The van der Waals surface area contributed by atoms with Gasteiger partial charge in [-0.25, -0.2) is 0 Å². The molecule has 4 aliphatic rings. The summed E-state index contributed by atoms with van der Waals surface area (Å²) in [7, 11) is 0. The van der Waals surface area contributed by atoms with Crippen molar-refractivity contribution in [2.24, 2.45) is 5.41 Å². The van der Waals surface area contributed by atoms with Gasteiger partial charge in [-0.15, -0.1) is 20.5 Å². The van der Waals surface area contributed by atoms with Crippen molar-refractivity contribution in [3.63, 3.8) is 0 Å². The van der Waals surface area contributed by atoms with E-state index in [2.05, 4.69) is 0 Å². The zero-order valence-electron chi connectivity index (χ0n) is 54.8. The van der Waals surface area contributed by atoms with Gasteiger partial charge in [-0.3, -0.25) is 0 Å². The van der Waals surface area contributed by atoms with Gasteiger partial charge in [0.1, 0.15) is 0 Å². The molecule has 3 spiro atoms. The molecule has 0 unspecified atom stereocenters. The molecule has 178 valence electrons. The van der Waals surface area contributed by atoms with E-state index < -0.39 is 156 Å². The van der Waals surface area contributed by atoms with Gasteiger partial charge in [-0.05, 0) is 54.8 Å². The topological polar surface area (TPSA) is 83.2 Å². The SMILES string of the molecule is [2H]C([2H])([2H])C1(C([2H])([2H])[2H])N([O])C(C([2H])([2H])[2H])(C([2H])([2H])[2H])C([2H])([2H])C2(OC([2H])([2H])C3(C([2H])([2H])O2)C([2H])([2H])OC2(OC3([2H])[2H])C([2H])([2H])C(C([2H])([2H])[2H])(C([2H])([2H])[2H])N([O])C(C([2H])([2H])[2H])(C([2H])([2H])[2H])C2([2H])[2H])C1([2H])[2H]. The van der Waals surface area contributed by atoms with Gasteiger partial charge >= 0.3 is 0 Å². The van der Waals surface area contributed by atoms with Crippen LogP contribution < -0.4 is 0 Å². The molecule has 4 heterocycles. The molecule has 2 radical (unpaired) electrons. The van der Waals surface area contributed by atoms with Crippen molar-refractivity contribution in [2.45, 2.75) is 114 Å². The maximum atomic E-state index is 14.6. The summed E-state index contributed by atoms with van der Waals surface area (Å²) in [4.78, 5) is 0. The monoisotopic (exact) mass is 481 g/mol. The molecular weight excluding hydrogens is 400 g/mol. The quantitative estimate of drug-likeness (QED) is 0.528. The average molecular weight is 481 g/mol. The van der Waals surface area contributed by atoms with Gasteiger partial charge < -0.3 is 18.9 Å². The Hall–Kier alpha value is -0.320. The van der Waals surface area contributed by atoms with Crippen LogP contribution in [0.15, 0.2) is 0 Å². The van der Waals surface area contributed by atoms with E-state index in [9.17, 15) is 10.4 Å². The first-order valence-electron chi connectivity index (χ1n) is 27.9. The summed E-state index contributed by atoms with van der Waals surface area (Å²) >= 11 is 0. The first kappa shape index (κ1) is 4.98. The van der Waals surface area contributed by atoms with Crippen LogP contribution in [0.3, 0.4) is 0 Å². The predicted molar refractivity (Wildman–Crippen MR) is 112 cm³/mol. The van der Waals surface area contributed by atoms with Gasteiger partial charge in [0.15, 0.2) is 11.6 Å². The highest BCUT2D eigenvalue weighted by Crippen LogP contribution is 2.51. The van der Waals surface area contributed by atoms with E-state index >= 15 is 0 Å². The minimum absolute atomic E-state index is 2.04. The number of hydroxylamine groups is 4. The number of nitrogens with zero attached hydrogens (tertiary/aromatic N) is 2. The van der Waals surface area contributed by atoms with Crippen molar-refractivity contribution in [1.29, 1.82) is 0 Å². The van der Waals surface area contributed by atoms with E-state index in [-0.39, 0.29) is 0 Å². The van der Waals surface area contributed by atoms with E-state index in [0.717, 1.165) is 0 Å². The van der Waals surface area contributed by atoms with Crippen LogP contribution in [0.5, 0.6) is 0 Å². The lowest BCUT2D eigenvalue weighted by atomic mass is 9.76. The summed E-state index contributed by atoms with van der Waals surface area (Å²) in [6.07, 6.45) is -22.3. The molecule has 8 heteroatoms. The minimum atomic E-state index is -5.71. The fourth-order valence-electron chi connectivity index (χ4n) is 2.69. The Balaban J connectivity index is 2.39. The molecule has 0 saturated carbocycles. The predicted octanol–water partition coefficient (Wildman–Crippen LogP) is 3.46. The van der Waals surface area contributed by atoms with Crippen LogP contribution in [0, 0.1) is 5.41 Å². The standard InChI is InChI=1S/C23H40N2O6/c1-17(2)9-22(10-18(3,4)24(17)26)28-13-21(14-29-22)15-30-23(31-16-21)11-19(5,6)25(27)20(7,8)12-23/h9-16H2,1-8H3/i1D3,2D3,3D3,4D3,5D3,6D3,7D3,8D3,9D2,10D2,11D2,12D2,13D2,14D2,15D2,16D2. The number of ether oxygens (including phenoxy) is 4. The second kappa shape index (κ2) is 6.85. The minimum Gasteiger partial charge on any atom is -0.349 e. The lowest BCUT2D eigenvalue weighted by molar-refractivity contribution is -0.421. The van der Waals surface area contributed by atoms with E-state index in [1.807, 2.05) is 0 Å². The molecule has 4 rings (SSSR count). The second-order valence-electron chi connectivity index (χ2n) is 6.73. The Labute approximate surface area is 242 Å². The number of hydrogen-bond donors (Lipinski definition) is 0. The molecule has 0 aromatic rings. The summed E-state index contributed by atoms with van der Waals surface area (Å²) in [6, 6.07) is 0. The van der Waals surface area contributed by atoms with Crippen LogP contribution in [-0.2, 0) is 29.4 Å². The van der Waals surface area contributed by atoms with Crippen LogP contribution in [0.1, 0.15) is 135 Å². The molecule has 0 N–H and O–H groups in total. The molecule has 0 atom stereocenters. The first-order valence-corrected chi connectivity index (χ1v) is 7.89. The van der Waals surface area contributed by atoms with E-state index in [1.54, 1.807) is 0 Å². The molecule has 4 aliphatic heterocycles. The molecule has 0 aromatic carbocycles. The molecule has 31 heavy (non-hydrogen) atoms. The van der Waals surface area contributed by atoms with E-state index in [4.69, 9.17) is 73.8 Å². The summed E-state index contributed by atoms with van der Waals surface area (Å²) in [5.74, 6) is -11.4. The van der Waals surface area contributed by atoms with Gasteiger partial charge in [0.25, 0.3) is 0 Å². The van der Waals surface area contributed by atoms with Gasteiger partial charge in [-0.2, -0.15) is 0 Å². The van der Waals surface area contributed by atoms with Gasteiger partial charge in [0.2, 0.25) is 0 Å². The van der Waals surface area contributed by atoms with Gasteiger partial charge in [0.05, 0.1) is 42.6 Å².